The molecule has 3 aromatic rings. The maximum absolute atomic E-state index is 12.6. The van der Waals surface area contributed by atoms with Gasteiger partial charge in [-0.3, -0.25) is 14.7 Å². The minimum absolute atomic E-state index is 0.0647. The molecule has 1 aliphatic rings. The summed E-state index contributed by atoms with van der Waals surface area (Å²) in [5, 5.41) is 0. The topological polar surface area (TPSA) is 45.7 Å². The third kappa shape index (κ3) is 6.27. The summed E-state index contributed by atoms with van der Waals surface area (Å²) in [6, 6.07) is 24.0. The molecule has 0 aliphatic carbocycles. The molecule has 0 atom stereocenters. The molecule has 0 unspecified atom stereocenters. The molecule has 1 aromatic heterocycles. The number of hydrogen-bond acceptors (Lipinski definition) is 4. The van der Waals surface area contributed by atoms with E-state index in [1.165, 1.54) is 5.56 Å². The quantitative estimate of drug-likeness (QED) is 0.549. The number of aromatic nitrogens is 1. The van der Waals surface area contributed by atoms with Gasteiger partial charge in [0.2, 0.25) is 5.91 Å². The number of ether oxygens (including phenoxy) is 1. The number of piperazine rings is 1. The fraction of sp³-hybridized carbons (Fsp3) is 0.231. The van der Waals surface area contributed by atoms with E-state index in [1.807, 2.05) is 59.5 Å². The van der Waals surface area contributed by atoms with Gasteiger partial charge in [0.05, 0.1) is 5.69 Å². The second-order valence-corrected chi connectivity index (χ2v) is 7.60. The van der Waals surface area contributed by atoms with Crippen LogP contribution in [0.1, 0.15) is 16.8 Å². The van der Waals surface area contributed by atoms with E-state index < -0.39 is 0 Å². The van der Waals surface area contributed by atoms with E-state index in [0.29, 0.717) is 6.61 Å². The highest BCUT2D eigenvalue weighted by molar-refractivity contribution is 5.91. The first kappa shape index (κ1) is 20.8. The molecule has 5 nitrogen and oxygen atoms in total. The van der Waals surface area contributed by atoms with E-state index in [1.54, 1.807) is 12.3 Å². The fourth-order valence-corrected chi connectivity index (χ4v) is 3.56. The number of carbonyl (C=O) groups excluding carboxylic acids is 1. The summed E-state index contributed by atoms with van der Waals surface area (Å²) in [6.07, 6.45) is 5.28. The van der Waals surface area contributed by atoms with E-state index in [4.69, 9.17) is 4.74 Å². The Balaban J connectivity index is 1.22. The van der Waals surface area contributed by atoms with Gasteiger partial charge in [0.1, 0.15) is 12.4 Å². The largest absolute Gasteiger partial charge is 0.487 e. The first-order valence-corrected chi connectivity index (χ1v) is 10.6. The molecule has 5 heteroatoms. The van der Waals surface area contributed by atoms with Gasteiger partial charge < -0.3 is 9.64 Å². The molecule has 1 aliphatic heterocycles. The second kappa shape index (κ2) is 10.5. The van der Waals surface area contributed by atoms with Crippen LogP contribution in [-0.2, 0) is 17.9 Å². The Morgan fingerprint density at radius 1 is 0.903 bits per heavy atom. The van der Waals surface area contributed by atoms with Crippen LogP contribution in [-0.4, -0.2) is 46.9 Å². The van der Waals surface area contributed by atoms with Crippen LogP contribution in [0.2, 0.25) is 0 Å². The lowest BCUT2D eigenvalue weighted by Crippen LogP contribution is -2.47. The Morgan fingerprint density at radius 2 is 1.65 bits per heavy atom. The van der Waals surface area contributed by atoms with Gasteiger partial charge in [0.15, 0.2) is 0 Å². The van der Waals surface area contributed by atoms with Crippen LogP contribution < -0.4 is 4.74 Å². The lowest BCUT2D eigenvalue weighted by atomic mass is 10.2. The van der Waals surface area contributed by atoms with Crippen molar-refractivity contribution < 1.29 is 9.53 Å². The van der Waals surface area contributed by atoms with Gasteiger partial charge in [0, 0.05) is 45.0 Å². The summed E-state index contributed by atoms with van der Waals surface area (Å²) in [5.74, 6) is 0.846. The lowest BCUT2D eigenvalue weighted by Gasteiger charge is -2.34. The minimum atomic E-state index is 0.0647. The van der Waals surface area contributed by atoms with Gasteiger partial charge in [-0.1, -0.05) is 48.5 Å². The summed E-state index contributed by atoms with van der Waals surface area (Å²) < 4.78 is 5.75. The summed E-state index contributed by atoms with van der Waals surface area (Å²) >= 11 is 0. The molecule has 1 saturated heterocycles. The SMILES string of the molecule is O=C(/C=C/c1ccc(OCc2ccccn2)cc1)N1CCN(Cc2ccccc2)CC1. The van der Waals surface area contributed by atoms with Crippen LogP contribution >= 0.6 is 0 Å². The van der Waals surface area contributed by atoms with Gasteiger partial charge in [-0.25, -0.2) is 0 Å². The van der Waals surface area contributed by atoms with Gasteiger partial charge >= 0.3 is 0 Å². The number of pyridine rings is 1. The number of nitrogens with zero attached hydrogens (tertiary/aromatic N) is 3. The highest BCUT2D eigenvalue weighted by Gasteiger charge is 2.19. The van der Waals surface area contributed by atoms with Crippen LogP contribution in [0.3, 0.4) is 0 Å². The lowest BCUT2D eigenvalue weighted by molar-refractivity contribution is -0.127. The first-order chi connectivity index (χ1) is 15.3. The van der Waals surface area contributed by atoms with Crippen molar-refractivity contribution in [2.45, 2.75) is 13.2 Å². The van der Waals surface area contributed by atoms with E-state index in [0.717, 1.165) is 49.7 Å². The van der Waals surface area contributed by atoms with Gasteiger partial charge in [-0.2, -0.15) is 0 Å². The molecule has 158 valence electrons. The predicted molar refractivity (Wildman–Crippen MR) is 122 cm³/mol. The van der Waals surface area contributed by atoms with Crippen molar-refractivity contribution in [3.8, 4) is 5.75 Å². The molecule has 0 N–H and O–H groups in total. The molecule has 0 spiro atoms. The number of benzene rings is 2. The van der Waals surface area contributed by atoms with Crippen molar-refractivity contribution in [2.75, 3.05) is 26.2 Å². The Bertz CT molecular complexity index is 980. The minimum Gasteiger partial charge on any atom is -0.487 e. The second-order valence-electron chi connectivity index (χ2n) is 7.60. The molecule has 1 amide bonds. The molecule has 2 aromatic carbocycles. The van der Waals surface area contributed by atoms with Gasteiger partial charge in [0.25, 0.3) is 0 Å². The van der Waals surface area contributed by atoms with Crippen LogP contribution in [0.5, 0.6) is 5.75 Å². The van der Waals surface area contributed by atoms with Crippen molar-refractivity contribution in [2.24, 2.45) is 0 Å². The first-order valence-electron chi connectivity index (χ1n) is 10.6. The van der Waals surface area contributed by atoms with E-state index >= 15 is 0 Å². The van der Waals surface area contributed by atoms with Gasteiger partial charge in [-0.15, -0.1) is 0 Å². The molecular weight excluding hydrogens is 386 g/mol. The predicted octanol–water partition coefficient (Wildman–Crippen LogP) is 4.02. The molecule has 1 fully saturated rings. The van der Waals surface area contributed by atoms with E-state index in [9.17, 15) is 4.79 Å². The van der Waals surface area contributed by atoms with Crippen molar-refractivity contribution in [1.82, 2.24) is 14.8 Å². The molecule has 31 heavy (non-hydrogen) atoms. The highest BCUT2D eigenvalue weighted by Crippen LogP contribution is 2.15. The number of amides is 1. The number of rotatable bonds is 7. The standard InChI is InChI=1S/C26H27N3O2/c30-26(29-18-16-28(17-19-29)20-23-6-2-1-3-7-23)14-11-22-9-12-25(13-10-22)31-21-24-8-4-5-15-27-24/h1-15H,16-21H2/b14-11+. The molecular formula is C26H27N3O2. The van der Waals surface area contributed by atoms with Crippen LogP contribution in [0.4, 0.5) is 0 Å². The monoisotopic (exact) mass is 413 g/mol. The van der Waals surface area contributed by atoms with Crippen molar-refractivity contribution in [1.29, 1.82) is 0 Å². The average Bonchev–Trinajstić information content (AvgIpc) is 2.84. The molecule has 0 bridgehead atoms. The van der Waals surface area contributed by atoms with Crippen molar-refractivity contribution in [3.05, 3.63) is 102 Å². The maximum Gasteiger partial charge on any atom is 0.246 e. The molecule has 0 radical (unpaired) electrons. The highest BCUT2D eigenvalue weighted by atomic mass is 16.5. The summed E-state index contributed by atoms with van der Waals surface area (Å²) in [6.45, 7) is 4.69. The zero-order valence-electron chi connectivity index (χ0n) is 17.6. The Hall–Kier alpha value is -3.44. The zero-order chi connectivity index (χ0) is 21.3. The van der Waals surface area contributed by atoms with Crippen LogP contribution in [0.15, 0.2) is 85.1 Å². The summed E-state index contributed by atoms with van der Waals surface area (Å²) in [4.78, 5) is 21.1. The average molecular weight is 414 g/mol. The number of carbonyl (C=O) groups is 1. The van der Waals surface area contributed by atoms with Crippen LogP contribution in [0.25, 0.3) is 6.08 Å². The molecule has 0 saturated carbocycles. The normalized spacial score (nSPS) is 14.6. The third-order valence-electron chi connectivity index (χ3n) is 5.34. The smallest absolute Gasteiger partial charge is 0.246 e. The molecule has 4 rings (SSSR count). The van der Waals surface area contributed by atoms with E-state index in [2.05, 4.69) is 34.1 Å². The van der Waals surface area contributed by atoms with E-state index in [-0.39, 0.29) is 5.91 Å². The van der Waals surface area contributed by atoms with Crippen molar-refractivity contribution in [3.63, 3.8) is 0 Å². The van der Waals surface area contributed by atoms with Gasteiger partial charge in [-0.05, 0) is 41.5 Å². The Kier molecular flexibility index (Phi) is 7.08. The maximum atomic E-state index is 12.6. The zero-order valence-corrected chi connectivity index (χ0v) is 17.6. The summed E-state index contributed by atoms with van der Waals surface area (Å²) in [5.41, 5.74) is 3.18. The fourth-order valence-electron chi connectivity index (χ4n) is 3.56. The van der Waals surface area contributed by atoms with Crippen LogP contribution in [0, 0.1) is 0 Å². The third-order valence-corrected chi connectivity index (χ3v) is 5.34. The summed E-state index contributed by atoms with van der Waals surface area (Å²) in [7, 11) is 0. The molecule has 2 heterocycles. The number of hydrogen-bond donors (Lipinski definition) is 0. The van der Waals surface area contributed by atoms with Crippen molar-refractivity contribution >= 4 is 12.0 Å². The Morgan fingerprint density at radius 3 is 2.35 bits per heavy atom. The Labute approximate surface area is 183 Å².